The Labute approximate surface area is 180 Å². The van der Waals surface area contributed by atoms with Crippen LogP contribution in [-0.2, 0) is 32.5 Å². The predicted molar refractivity (Wildman–Crippen MR) is 113 cm³/mol. The molecule has 0 spiro atoms. The van der Waals surface area contributed by atoms with Gasteiger partial charge in [0.1, 0.15) is 11.5 Å². The summed E-state index contributed by atoms with van der Waals surface area (Å²) < 4.78 is 43.6. The second-order valence-corrected chi connectivity index (χ2v) is 8.83. The molecule has 0 radical (unpaired) electrons. The molecule has 7 nitrogen and oxygen atoms in total. The molecule has 0 aliphatic carbocycles. The average molecular weight is 439 g/mol. The summed E-state index contributed by atoms with van der Waals surface area (Å²) in [5, 5.41) is 0. The molecule has 8 heteroatoms. The molecule has 0 N–H and O–H groups in total. The third kappa shape index (κ3) is 4.55. The second-order valence-electron chi connectivity index (χ2n) is 6.94. The maximum Gasteiger partial charge on any atom is 0.509 e. The van der Waals surface area contributed by atoms with Crippen molar-refractivity contribution in [2.24, 2.45) is 0 Å². The summed E-state index contributed by atoms with van der Waals surface area (Å²) in [5.74, 6) is 1.16. The number of hydrogen-bond acceptors (Lipinski definition) is 6. The van der Waals surface area contributed by atoms with Crippen LogP contribution in [0.5, 0.6) is 11.5 Å². The molecule has 0 saturated heterocycles. The van der Waals surface area contributed by atoms with E-state index in [0.29, 0.717) is 11.5 Å². The molecular weight excluding hydrogens is 418 g/mol. The van der Waals surface area contributed by atoms with Crippen LogP contribution in [0, 0.1) is 0 Å². The maximum absolute atomic E-state index is 13.4. The first-order valence-electron chi connectivity index (χ1n) is 9.63. The Morgan fingerprint density at radius 3 is 2.16 bits per heavy atom. The predicted octanol–water partition coefficient (Wildman–Crippen LogP) is 4.34. The number of para-hydroxylation sites is 1. The summed E-state index contributed by atoms with van der Waals surface area (Å²) in [6.07, 6.45) is -1.71. The van der Waals surface area contributed by atoms with E-state index in [4.69, 9.17) is 9.47 Å². The third-order valence-corrected chi connectivity index (χ3v) is 6.82. The average Bonchev–Trinajstić information content (AvgIpc) is 2.79. The van der Waals surface area contributed by atoms with Crippen LogP contribution in [0.25, 0.3) is 0 Å². The van der Waals surface area contributed by atoms with Crippen molar-refractivity contribution in [1.82, 2.24) is 4.31 Å². The monoisotopic (exact) mass is 439 g/mol. The molecular formula is C23H21NO6S. The number of hydrogen-bond donors (Lipinski definition) is 0. The van der Waals surface area contributed by atoms with Gasteiger partial charge in [-0.25, -0.2) is 13.2 Å². The van der Waals surface area contributed by atoms with Gasteiger partial charge in [0.2, 0.25) is 10.0 Å². The first-order chi connectivity index (χ1) is 15.0. The normalized spacial score (nSPS) is 16.2. The van der Waals surface area contributed by atoms with Gasteiger partial charge in [0.05, 0.1) is 12.0 Å². The van der Waals surface area contributed by atoms with E-state index in [9.17, 15) is 13.2 Å². The van der Waals surface area contributed by atoms with Crippen molar-refractivity contribution in [2.75, 3.05) is 7.11 Å². The summed E-state index contributed by atoms with van der Waals surface area (Å²) in [4.78, 5) is 11.8. The molecule has 0 aromatic heterocycles. The lowest BCUT2D eigenvalue weighted by Gasteiger charge is -2.34. The number of benzene rings is 3. The van der Waals surface area contributed by atoms with Gasteiger partial charge in [-0.1, -0.05) is 42.5 Å². The number of sulfonamides is 1. The minimum atomic E-state index is -3.95. The molecule has 0 fully saturated rings. The Kier molecular flexibility index (Phi) is 5.92. The minimum Gasteiger partial charge on any atom is -0.457 e. The molecule has 0 amide bonds. The summed E-state index contributed by atoms with van der Waals surface area (Å²) in [5.41, 5.74) is 1.79. The van der Waals surface area contributed by atoms with Gasteiger partial charge < -0.3 is 14.2 Å². The molecule has 3 aromatic rings. The summed E-state index contributed by atoms with van der Waals surface area (Å²) in [7, 11) is -2.77. The highest BCUT2D eigenvalue weighted by molar-refractivity contribution is 7.89. The van der Waals surface area contributed by atoms with Crippen LogP contribution in [0.3, 0.4) is 0 Å². The Balaban J connectivity index is 1.61. The molecule has 160 valence electrons. The van der Waals surface area contributed by atoms with Gasteiger partial charge in [0, 0.05) is 13.0 Å². The van der Waals surface area contributed by atoms with E-state index in [1.54, 1.807) is 12.1 Å². The number of nitrogens with zero attached hydrogens (tertiary/aromatic N) is 1. The van der Waals surface area contributed by atoms with Crippen LogP contribution < -0.4 is 4.74 Å². The van der Waals surface area contributed by atoms with Crippen molar-refractivity contribution in [2.45, 2.75) is 24.1 Å². The van der Waals surface area contributed by atoms with Gasteiger partial charge in [-0.2, -0.15) is 4.31 Å². The van der Waals surface area contributed by atoms with E-state index in [1.165, 1.54) is 23.5 Å². The van der Waals surface area contributed by atoms with Crippen LogP contribution in [0.4, 0.5) is 4.79 Å². The summed E-state index contributed by atoms with van der Waals surface area (Å²) in [6, 6.07) is 22.8. The van der Waals surface area contributed by atoms with Gasteiger partial charge in [-0.05, 0) is 47.5 Å². The Hall–Kier alpha value is -3.36. The zero-order valence-corrected chi connectivity index (χ0v) is 17.6. The number of fused-ring (bicyclic) bond motifs is 1. The van der Waals surface area contributed by atoms with Crippen LogP contribution in [0.2, 0.25) is 0 Å². The van der Waals surface area contributed by atoms with Crippen molar-refractivity contribution in [3.05, 3.63) is 90.0 Å². The van der Waals surface area contributed by atoms with Crippen LogP contribution >= 0.6 is 0 Å². The quantitative estimate of drug-likeness (QED) is 0.550. The van der Waals surface area contributed by atoms with Gasteiger partial charge in [0.25, 0.3) is 0 Å². The van der Waals surface area contributed by atoms with Crippen molar-refractivity contribution >= 4 is 16.2 Å². The standard InChI is InChI=1S/C23H21NO6S/c1-28-23(25)30-22-15-17-7-5-6-8-18(17)16-24(22)31(26,27)21-13-11-20(12-14-21)29-19-9-3-2-4-10-19/h2-14,22H,15-16H2,1H3/t22-/m1/s1. The largest absolute Gasteiger partial charge is 0.509 e. The molecule has 31 heavy (non-hydrogen) atoms. The van der Waals surface area contributed by atoms with E-state index in [-0.39, 0.29) is 17.9 Å². The summed E-state index contributed by atoms with van der Waals surface area (Å²) in [6.45, 7) is 0.0857. The lowest BCUT2D eigenvalue weighted by atomic mass is 10.0. The van der Waals surface area contributed by atoms with E-state index in [1.807, 2.05) is 54.6 Å². The van der Waals surface area contributed by atoms with Crippen molar-refractivity contribution in [3.63, 3.8) is 0 Å². The summed E-state index contributed by atoms with van der Waals surface area (Å²) >= 11 is 0. The molecule has 0 unspecified atom stereocenters. The Morgan fingerprint density at radius 1 is 0.871 bits per heavy atom. The zero-order chi connectivity index (χ0) is 21.8. The lowest BCUT2D eigenvalue weighted by molar-refractivity contribution is -0.0154. The number of carbonyl (C=O) groups excluding carboxylic acids is 1. The second kappa shape index (κ2) is 8.79. The fourth-order valence-electron chi connectivity index (χ4n) is 3.41. The fourth-order valence-corrected chi connectivity index (χ4v) is 4.90. The van der Waals surface area contributed by atoms with Gasteiger partial charge >= 0.3 is 6.16 Å². The highest BCUT2D eigenvalue weighted by Crippen LogP contribution is 2.31. The molecule has 3 aromatic carbocycles. The fraction of sp³-hybridized carbons (Fsp3) is 0.174. The molecule has 1 heterocycles. The maximum atomic E-state index is 13.4. The van der Waals surface area contributed by atoms with Crippen molar-refractivity contribution < 1.29 is 27.4 Å². The zero-order valence-electron chi connectivity index (χ0n) is 16.8. The number of ether oxygens (including phenoxy) is 3. The highest BCUT2D eigenvalue weighted by atomic mass is 32.2. The SMILES string of the molecule is COC(=O)O[C@@H]1Cc2ccccc2CN1S(=O)(=O)c1ccc(Oc2ccccc2)cc1. The van der Waals surface area contributed by atoms with Crippen molar-refractivity contribution in [1.29, 1.82) is 0 Å². The smallest absolute Gasteiger partial charge is 0.457 e. The van der Waals surface area contributed by atoms with Crippen molar-refractivity contribution in [3.8, 4) is 11.5 Å². The van der Waals surface area contributed by atoms with E-state index in [0.717, 1.165) is 11.1 Å². The first-order valence-corrected chi connectivity index (χ1v) is 11.1. The molecule has 1 aliphatic rings. The van der Waals surface area contributed by atoms with Gasteiger partial charge in [0.15, 0.2) is 6.23 Å². The lowest BCUT2D eigenvalue weighted by Crippen LogP contribution is -2.46. The van der Waals surface area contributed by atoms with Crippen LogP contribution in [-0.4, -0.2) is 32.2 Å². The topological polar surface area (TPSA) is 82.1 Å². The highest BCUT2D eigenvalue weighted by Gasteiger charge is 2.38. The van der Waals surface area contributed by atoms with E-state index < -0.39 is 22.4 Å². The van der Waals surface area contributed by atoms with Crippen LogP contribution in [0.1, 0.15) is 11.1 Å². The Morgan fingerprint density at radius 2 is 1.48 bits per heavy atom. The number of carbonyl (C=O) groups is 1. The molecule has 0 saturated carbocycles. The number of rotatable bonds is 5. The molecule has 4 rings (SSSR count). The number of methoxy groups -OCH3 is 1. The molecule has 0 bridgehead atoms. The van der Waals surface area contributed by atoms with Gasteiger partial charge in [-0.15, -0.1) is 0 Å². The van der Waals surface area contributed by atoms with Gasteiger partial charge in [-0.3, -0.25) is 0 Å². The van der Waals surface area contributed by atoms with Crippen LogP contribution in [0.15, 0.2) is 83.8 Å². The molecule has 1 atom stereocenters. The van der Waals surface area contributed by atoms with E-state index >= 15 is 0 Å². The molecule has 1 aliphatic heterocycles. The third-order valence-electron chi connectivity index (χ3n) is 4.97. The van der Waals surface area contributed by atoms with E-state index in [2.05, 4.69) is 4.74 Å². The minimum absolute atomic E-state index is 0.0748. The first kappa shape index (κ1) is 20.9. The Bertz CT molecular complexity index is 1160.